The van der Waals surface area contributed by atoms with Gasteiger partial charge in [-0.05, 0) is 5.56 Å². The van der Waals surface area contributed by atoms with Crippen LogP contribution in [0.15, 0.2) is 41.7 Å². The van der Waals surface area contributed by atoms with Gasteiger partial charge < -0.3 is 14.9 Å². The molecule has 0 radical (unpaired) electrons. The highest BCUT2D eigenvalue weighted by Gasteiger charge is 2.14. The van der Waals surface area contributed by atoms with E-state index >= 15 is 0 Å². The number of H-pyrrole nitrogens is 1. The fourth-order valence-electron chi connectivity index (χ4n) is 2.18. The Labute approximate surface area is 143 Å². The number of hydrogen-bond donors (Lipinski definition) is 3. The molecule has 1 atom stereocenters. The number of fused-ring (bicyclic) bond motifs is 1. The Bertz CT molecular complexity index is 781. The van der Waals surface area contributed by atoms with Crippen molar-refractivity contribution in [1.29, 1.82) is 0 Å². The number of benzene rings is 1. The molecule has 0 saturated carbocycles. The van der Waals surface area contributed by atoms with Gasteiger partial charge in [-0.25, -0.2) is 9.97 Å². The van der Waals surface area contributed by atoms with Gasteiger partial charge in [-0.2, -0.15) is 5.10 Å². The van der Waals surface area contributed by atoms with Gasteiger partial charge in [0.05, 0.1) is 30.9 Å². The largest absolute Gasteiger partial charge is 0.394 e. The first kappa shape index (κ1) is 16.8. The highest BCUT2D eigenvalue weighted by molar-refractivity contribution is 7.98. The van der Waals surface area contributed by atoms with Crippen molar-refractivity contribution in [3.05, 3.63) is 47.9 Å². The molecule has 0 unspecified atom stereocenters. The van der Waals surface area contributed by atoms with Crippen LogP contribution < -0.4 is 0 Å². The fraction of sp³-hybridized carbons (Fsp3) is 0.312. The van der Waals surface area contributed by atoms with E-state index in [0.717, 1.165) is 21.9 Å². The van der Waals surface area contributed by atoms with E-state index < -0.39 is 6.10 Å². The summed E-state index contributed by atoms with van der Waals surface area (Å²) in [6, 6.07) is 10.1. The molecule has 1 aromatic carbocycles. The maximum Gasteiger partial charge on any atom is 0.185 e. The lowest BCUT2D eigenvalue weighted by atomic mass is 10.2. The summed E-state index contributed by atoms with van der Waals surface area (Å²) in [5.74, 6) is 0.793. The van der Waals surface area contributed by atoms with E-state index in [-0.39, 0.29) is 19.8 Å². The quantitative estimate of drug-likeness (QED) is 0.419. The molecule has 8 heteroatoms. The van der Waals surface area contributed by atoms with E-state index in [9.17, 15) is 5.11 Å². The third-order valence-corrected chi connectivity index (χ3v) is 4.44. The van der Waals surface area contributed by atoms with Crippen molar-refractivity contribution < 1.29 is 14.9 Å². The molecule has 0 aliphatic carbocycles. The predicted molar refractivity (Wildman–Crippen MR) is 90.4 cm³/mol. The minimum atomic E-state index is -0.887. The van der Waals surface area contributed by atoms with Gasteiger partial charge >= 0.3 is 0 Å². The maximum absolute atomic E-state index is 9.34. The first-order chi connectivity index (χ1) is 11.8. The molecule has 0 aliphatic rings. The molecule has 0 saturated heterocycles. The van der Waals surface area contributed by atoms with Crippen LogP contribution in [0.5, 0.6) is 0 Å². The van der Waals surface area contributed by atoms with Gasteiger partial charge in [0.25, 0.3) is 0 Å². The van der Waals surface area contributed by atoms with Crippen molar-refractivity contribution in [2.75, 3.05) is 13.2 Å². The van der Waals surface area contributed by atoms with Gasteiger partial charge in [-0.15, -0.1) is 11.8 Å². The van der Waals surface area contributed by atoms with Crippen LogP contribution in [0.2, 0.25) is 0 Å². The highest BCUT2D eigenvalue weighted by atomic mass is 32.2. The summed E-state index contributed by atoms with van der Waals surface area (Å²) in [7, 11) is 0. The van der Waals surface area contributed by atoms with Crippen molar-refractivity contribution in [3.8, 4) is 0 Å². The summed E-state index contributed by atoms with van der Waals surface area (Å²) in [4.78, 5) is 8.53. The van der Waals surface area contributed by atoms with E-state index in [4.69, 9.17) is 9.84 Å². The topological polar surface area (TPSA) is 104 Å². The molecule has 0 amide bonds. The van der Waals surface area contributed by atoms with Crippen molar-refractivity contribution in [2.45, 2.75) is 23.5 Å². The second kappa shape index (κ2) is 8.20. The Morgan fingerprint density at radius 1 is 1.21 bits per heavy atom. The van der Waals surface area contributed by atoms with E-state index in [1.807, 2.05) is 18.2 Å². The Kier molecular flexibility index (Phi) is 5.76. The lowest BCUT2D eigenvalue weighted by molar-refractivity contribution is -0.000578. The van der Waals surface area contributed by atoms with Crippen LogP contribution in [0.1, 0.15) is 11.3 Å². The molecule has 3 aromatic rings. The summed E-state index contributed by atoms with van der Waals surface area (Å²) in [6.07, 6.45) is 0.610. The number of rotatable bonds is 8. The average molecular weight is 346 g/mol. The minimum Gasteiger partial charge on any atom is -0.394 e. The van der Waals surface area contributed by atoms with E-state index in [0.29, 0.717) is 5.65 Å². The molecule has 126 valence electrons. The lowest BCUT2D eigenvalue weighted by Crippen LogP contribution is -2.19. The second-order valence-corrected chi connectivity index (χ2v) is 6.17. The van der Waals surface area contributed by atoms with Gasteiger partial charge in [0, 0.05) is 5.75 Å². The summed E-state index contributed by atoms with van der Waals surface area (Å²) in [5.41, 5.74) is 2.55. The third-order valence-electron chi connectivity index (χ3n) is 3.38. The zero-order valence-electron chi connectivity index (χ0n) is 12.9. The van der Waals surface area contributed by atoms with E-state index in [2.05, 4.69) is 32.3 Å². The molecule has 24 heavy (non-hydrogen) atoms. The van der Waals surface area contributed by atoms with Crippen LogP contribution in [-0.2, 0) is 17.1 Å². The molecule has 2 aromatic heterocycles. The standard InChI is InChI=1S/C16H18N4O3S/c21-6-12(22)7-23-8-13-14-15(20-19-13)17-10-18-16(14)24-9-11-4-2-1-3-5-11/h1-5,10,12,21-22H,6-9H2,(H,17,18,19,20)/t12-/m0/s1. The number of hydrogen-bond acceptors (Lipinski definition) is 7. The van der Waals surface area contributed by atoms with Crippen molar-refractivity contribution in [1.82, 2.24) is 20.2 Å². The van der Waals surface area contributed by atoms with Crippen molar-refractivity contribution in [3.63, 3.8) is 0 Å². The Hall–Kier alpha value is -2.00. The zero-order chi connectivity index (χ0) is 16.8. The first-order valence-electron chi connectivity index (χ1n) is 7.49. The Morgan fingerprint density at radius 3 is 2.83 bits per heavy atom. The molecule has 0 bridgehead atoms. The first-order valence-corrected chi connectivity index (χ1v) is 8.48. The van der Waals surface area contributed by atoms with E-state index in [1.165, 1.54) is 11.9 Å². The molecular weight excluding hydrogens is 328 g/mol. The van der Waals surface area contributed by atoms with Gasteiger partial charge in [0.15, 0.2) is 5.65 Å². The molecule has 0 aliphatic heterocycles. The summed E-state index contributed by atoms with van der Waals surface area (Å²) in [5, 5.41) is 26.9. The SMILES string of the molecule is OC[C@H](O)COCc1[nH]nc2ncnc(SCc3ccccc3)c12. The lowest BCUT2D eigenvalue weighted by Gasteiger charge is -2.08. The van der Waals surface area contributed by atoms with Crippen LogP contribution in [0.4, 0.5) is 0 Å². The molecule has 3 N–H and O–H groups in total. The van der Waals surface area contributed by atoms with Crippen LogP contribution >= 0.6 is 11.8 Å². The Balaban J connectivity index is 1.74. The second-order valence-electron chi connectivity index (χ2n) is 5.21. The number of thioether (sulfide) groups is 1. The number of ether oxygens (including phenoxy) is 1. The van der Waals surface area contributed by atoms with Crippen LogP contribution in [0.25, 0.3) is 11.0 Å². The predicted octanol–water partition coefficient (Wildman–Crippen LogP) is 1.51. The van der Waals surface area contributed by atoms with Crippen LogP contribution in [-0.4, -0.2) is 49.7 Å². The molecule has 3 rings (SSSR count). The van der Waals surface area contributed by atoms with Crippen molar-refractivity contribution in [2.24, 2.45) is 0 Å². The average Bonchev–Trinajstić information content (AvgIpc) is 3.04. The number of nitrogens with zero attached hydrogens (tertiary/aromatic N) is 3. The smallest absolute Gasteiger partial charge is 0.185 e. The van der Waals surface area contributed by atoms with Crippen LogP contribution in [0, 0.1) is 0 Å². The number of aromatic amines is 1. The third kappa shape index (κ3) is 4.09. The number of nitrogens with one attached hydrogen (secondary N) is 1. The number of aliphatic hydroxyl groups is 2. The maximum atomic E-state index is 9.34. The number of aliphatic hydroxyl groups excluding tert-OH is 2. The molecule has 0 fully saturated rings. The van der Waals surface area contributed by atoms with Gasteiger partial charge in [0.2, 0.25) is 0 Å². The minimum absolute atomic E-state index is 0.0528. The van der Waals surface area contributed by atoms with E-state index in [1.54, 1.807) is 11.8 Å². The van der Waals surface area contributed by atoms with Crippen LogP contribution in [0.3, 0.4) is 0 Å². The molecule has 7 nitrogen and oxygen atoms in total. The zero-order valence-corrected chi connectivity index (χ0v) is 13.7. The summed E-state index contributed by atoms with van der Waals surface area (Å²) in [6.45, 7) is -0.0396. The van der Waals surface area contributed by atoms with Crippen molar-refractivity contribution >= 4 is 22.8 Å². The monoisotopic (exact) mass is 346 g/mol. The number of aromatic nitrogens is 4. The molecule has 0 spiro atoms. The van der Waals surface area contributed by atoms with Gasteiger partial charge in [0.1, 0.15) is 17.5 Å². The van der Waals surface area contributed by atoms with Gasteiger partial charge in [-0.3, -0.25) is 5.10 Å². The summed E-state index contributed by atoms with van der Waals surface area (Å²) < 4.78 is 5.41. The summed E-state index contributed by atoms with van der Waals surface area (Å²) >= 11 is 1.61. The molecular formula is C16H18N4O3S. The Morgan fingerprint density at radius 2 is 2.04 bits per heavy atom. The highest BCUT2D eigenvalue weighted by Crippen LogP contribution is 2.28. The normalized spacial score (nSPS) is 12.6. The fourth-order valence-corrected chi connectivity index (χ4v) is 3.15. The molecule has 2 heterocycles. The van der Waals surface area contributed by atoms with Gasteiger partial charge in [-0.1, -0.05) is 30.3 Å².